The van der Waals surface area contributed by atoms with Crippen LogP contribution in [0.2, 0.25) is 0 Å². The zero-order valence-corrected chi connectivity index (χ0v) is 13.9. The second kappa shape index (κ2) is 7.34. The third kappa shape index (κ3) is 6.52. The Morgan fingerprint density at radius 3 is 2.14 bits per heavy atom. The highest BCUT2D eigenvalue weighted by atomic mass is 16.6. The average molecular weight is 292 g/mol. The van der Waals surface area contributed by atoms with Crippen LogP contribution in [0.4, 0.5) is 10.5 Å². The highest BCUT2D eigenvalue weighted by molar-refractivity contribution is 5.68. The van der Waals surface area contributed by atoms with Gasteiger partial charge in [-0.15, -0.1) is 0 Å². The predicted octanol–water partition coefficient (Wildman–Crippen LogP) is 4.04. The lowest BCUT2D eigenvalue weighted by atomic mass is 9.97. The molecule has 0 unspecified atom stereocenters. The summed E-state index contributed by atoms with van der Waals surface area (Å²) >= 11 is 0. The maximum absolute atomic E-state index is 12.0. The Balaban J connectivity index is 2.66. The molecule has 1 aromatic carbocycles. The van der Waals surface area contributed by atoms with Gasteiger partial charge in [0.1, 0.15) is 5.60 Å². The third-order valence-electron chi connectivity index (χ3n) is 3.11. The van der Waals surface area contributed by atoms with Crippen molar-refractivity contribution < 1.29 is 9.53 Å². The van der Waals surface area contributed by atoms with Gasteiger partial charge in [0.15, 0.2) is 0 Å². The first kappa shape index (κ1) is 17.3. The molecule has 1 rings (SSSR count). The smallest absolute Gasteiger partial charge is 0.407 e. The van der Waals surface area contributed by atoms with Crippen molar-refractivity contribution in [1.29, 1.82) is 0 Å². The van der Waals surface area contributed by atoms with Gasteiger partial charge >= 0.3 is 6.09 Å². The van der Waals surface area contributed by atoms with Crippen LogP contribution in [0, 0.1) is 5.92 Å². The maximum atomic E-state index is 12.0. The third-order valence-corrected chi connectivity index (χ3v) is 3.11. The highest BCUT2D eigenvalue weighted by Crippen LogP contribution is 2.15. The topological polar surface area (TPSA) is 50.4 Å². The first-order valence-corrected chi connectivity index (χ1v) is 7.50. The van der Waals surface area contributed by atoms with Gasteiger partial charge in [0.25, 0.3) is 0 Å². The number of benzene rings is 1. The van der Waals surface area contributed by atoms with Gasteiger partial charge in [-0.2, -0.15) is 0 Å². The van der Waals surface area contributed by atoms with Crippen LogP contribution in [0.15, 0.2) is 30.3 Å². The number of amides is 1. The number of hydrogen-bond donors (Lipinski definition) is 2. The molecule has 0 aliphatic heterocycles. The van der Waals surface area contributed by atoms with E-state index in [-0.39, 0.29) is 18.2 Å². The second-order valence-electron chi connectivity index (χ2n) is 6.72. The number of ether oxygens (including phenoxy) is 1. The Labute approximate surface area is 128 Å². The van der Waals surface area contributed by atoms with E-state index in [9.17, 15) is 4.79 Å². The lowest BCUT2D eigenvalue weighted by molar-refractivity contribution is 0.0485. The van der Waals surface area contributed by atoms with Crippen molar-refractivity contribution in [2.75, 3.05) is 5.32 Å². The van der Waals surface area contributed by atoms with Gasteiger partial charge < -0.3 is 15.4 Å². The molecule has 0 fully saturated rings. The summed E-state index contributed by atoms with van der Waals surface area (Å²) in [4.78, 5) is 12.0. The molecule has 1 aromatic rings. The molecule has 0 saturated carbocycles. The Morgan fingerprint density at radius 2 is 1.67 bits per heavy atom. The van der Waals surface area contributed by atoms with Crippen molar-refractivity contribution in [3.05, 3.63) is 30.3 Å². The molecular weight excluding hydrogens is 264 g/mol. The van der Waals surface area contributed by atoms with Gasteiger partial charge in [0.2, 0.25) is 0 Å². The fourth-order valence-corrected chi connectivity index (χ4v) is 2.20. The van der Waals surface area contributed by atoms with E-state index in [2.05, 4.69) is 31.4 Å². The zero-order valence-electron chi connectivity index (χ0n) is 13.9. The van der Waals surface area contributed by atoms with Crippen LogP contribution in [0.3, 0.4) is 0 Å². The molecule has 2 atom stereocenters. The van der Waals surface area contributed by atoms with E-state index in [1.54, 1.807) is 0 Å². The Kier molecular flexibility index (Phi) is 6.06. The first-order chi connectivity index (χ1) is 9.69. The van der Waals surface area contributed by atoms with E-state index >= 15 is 0 Å². The van der Waals surface area contributed by atoms with Crippen molar-refractivity contribution in [1.82, 2.24) is 5.32 Å². The molecule has 0 radical (unpaired) electrons. The van der Waals surface area contributed by atoms with E-state index in [1.165, 1.54) is 0 Å². The Morgan fingerprint density at radius 1 is 1.10 bits per heavy atom. The van der Waals surface area contributed by atoms with Crippen molar-refractivity contribution in [3.8, 4) is 0 Å². The SMILES string of the molecule is CC(C)[C@@H](NC(=O)OC(C)(C)C)[C@@H](C)Nc1ccccc1. The lowest BCUT2D eigenvalue weighted by Gasteiger charge is -2.31. The molecule has 0 saturated heterocycles. The number of anilines is 1. The largest absolute Gasteiger partial charge is 0.444 e. The van der Waals surface area contributed by atoms with Gasteiger partial charge in [-0.1, -0.05) is 32.0 Å². The summed E-state index contributed by atoms with van der Waals surface area (Å²) in [5.41, 5.74) is 0.559. The molecule has 1 amide bonds. The summed E-state index contributed by atoms with van der Waals surface area (Å²) < 4.78 is 5.34. The summed E-state index contributed by atoms with van der Waals surface area (Å²) in [6, 6.07) is 10.1. The summed E-state index contributed by atoms with van der Waals surface area (Å²) in [5.74, 6) is 0.295. The molecule has 0 heterocycles. The molecular formula is C17H28N2O2. The number of carbonyl (C=O) groups is 1. The van der Waals surface area contributed by atoms with Crippen molar-refractivity contribution in [2.24, 2.45) is 5.92 Å². The Bertz CT molecular complexity index is 438. The standard InChI is InChI=1S/C17H28N2O2/c1-12(2)15(19-16(20)21-17(4,5)6)13(3)18-14-10-8-7-9-11-14/h7-13,15,18H,1-6H3,(H,19,20)/t13-,15-/m1/s1. The number of nitrogens with one attached hydrogen (secondary N) is 2. The fourth-order valence-electron chi connectivity index (χ4n) is 2.20. The zero-order chi connectivity index (χ0) is 16.0. The molecule has 0 aliphatic carbocycles. The minimum Gasteiger partial charge on any atom is -0.444 e. The normalized spacial score (nSPS) is 14.4. The van der Waals surface area contributed by atoms with E-state index in [0.29, 0.717) is 5.92 Å². The van der Waals surface area contributed by atoms with Crippen molar-refractivity contribution in [2.45, 2.75) is 59.2 Å². The number of para-hydroxylation sites is 1. The molecule has 4 nitrogen and oxygen atoms in total. The molecule has 0 spiro atoms. The van der Waals surface area contributed by atoms with Crippen LogP contribution in [0.1, 0.15) is 41.5 Å². The highest BCUT2D eigenvalue weighted by Gasteiger charge is 2.25. The Hall–Kier alpha value is -1.71. The van der Waals surface area contributed by atoms with Gasteiger partial charge in [0.05, 0.1) is 6.04 Å². The number of alkyl carbamates (subject to hydrolysis) is 1. The van der Waals surface area contributed by atoms with Crippen molar-refractivity contribution >= 4 is 11.8 Å². The van der Waals surface area contributed by atoms with Crippen molar-refractivity contribution in [3.63, 3.8) is 0 Å². The fraction of sp³-hybridized carbons (Fsp3) is 0.588. The first-order valence-electron chi connectivity index (χ1n) is 7.50. The van der Waals surface area contributed by atoms with E-state index < -0.39 is 5.60 Å². The molecule has 4 heteroatoms. The van der Waals surface area contributed by atoms with Gasteiger partial charge in [-0.3, -0.25) is 0 Å². The van der Waals surface area contributed by atoms with Crippen LogP contribution in [0.25, 0.3) is 0 Å². The molecule has 21 heavy (non-hydrogen) atoms. The van der Waals surface area contributed by atoms with Crippen LogP contribution < -0.4 is 10.6 Å². The summed E-state index contributed by atoms with van der Waals surface area (Å²) in [7, 11) is 0. The van der Waals surface area contributed by atoms with Crippen LogP contribution >= 0.6 is 0 Å². The quantitative estimate of drug-likeness (QED) is 0.861. The van der Waals surface area contributed by atoms with Gasteiger partial charge in [-0.05, 0) is 45.7 Å². The molecule has 0 bridgehead atoms. The summed E-state index contributed by atoms with van der Waals surface area (Å²) in [5, 5.41) is 6.39. The number of hydrogen-bond acceptors (Lipinski definition) is 3. The monoisotopic (exact) mass is 292 g/mol. The number of rotatable bonds is 5. The second-order valence-corrected chi connectivity index (χ2v) is 6.72. The van der Waals surface area contributed by atoms with Gasteiger partial charge in [0, 0.05) is 11.7 Å². The molecule has 2 N–H and O–H groups in total. The predicted molar refractivity (Wildman–Crippen MR) is 87.5 cm³/mol. The molecule has 118 valence electrons. The van der Waals surface area contributed by atoms with E-state index in [1.807, 2.05) is 51.1 Å². The summed E-state index contributed by atoms with van der Waals surface area (Å²) in [6.45, 7) is 11.8. The van der Waals surface area contributed by atoms with Crippen LogP contribution in [0.5, 0.6) is 0 Å². The van der Waals surface area contributed by atoms with E-state index in [0.717, 1.165) is 5.69 Å². The molecule has 0 aliphatic rings. The average Bonchev–Trinajstić information content (AvgIpc) is 2.34. The van der Waals surface area contributed by atoms with E-state index in [4.69, 9.17) is 4.74 Å². The number of carbonyl (C=O) groups excluding carboxylic acids is 1. The minimum atomic E-state index is -0.484. The summed E-state index contributed by atoms with van der Waals surface area (Å²) in [6.07, 6.45) is -0.372. The maximum Gasteiger partial charge on any atom is 0.407 e. The lowest BCUT2D eigenvalue weighted by Crippen LogP contribution is -2.49. The van der Waals surface area contributed by atoms with Gasteiger partial charge in [-0.25, -0.2) is 4.79 Å². The van der Waals surface area contributed by atoms with Crippen LogP contribution in [-0.4, -0.2) is 23.8 Å². The van der Waals surface area contributed by atoms with Crippen LogP contribution in [-0.2, 0) is 4.74 Å². The molecule has 0 aromatic heterocycles. The minimum absolute atomic E-state index is 0.0138.